The zero-order chi connectivity index (χ0) is 17.9. The maximum absolute atomic E-state index is 12.3. The Morgan fingerprint density at radius 3 is 2.73 bits per heavy atom. The lowest BCUT2D eigenvalue weighted by Crippen LogP contribution is -2.08. The third kappa shape index (κ3) is 3.09. The minimum absolute atomic E-state index is 0.125. The van der Waals surface area contributed by atoms with Crippen LogP contribution in [0.15, 0.2) is 57.6 Å². The molecule has 9 nitrogen and oxygen atoms in total. The first-order valence-corrected chi connectivity index (χ1v) is 7.73. The van der Waals surface area contributed by atoms with E-state index in [9.17, 15) is 4.79 Å². The Labute approximate surface area is 147 Å². The van der Waals surface area contributed by atoms with Gasteiger partial charge in [0, 0.05) is 0 Å². The number of hydrogen-bond donors (Lipinski definition) is 0. The number of ether oxygens (including phenoxy) is 1. The van der Waals surface area contributed by atoms with Crippen LogP contribution in [0.5, 0.6) is 0 Å². The first-order valence-electron chi connectivity index (χ1n) is 7.73. The molecule has 0 N–H and O–H groups in total. The van der Waals surface area contributed by atoms with Gasteiger partial charge in [0.2, 0.25) is 0 Å². The van der Waals surface area contributed by atoms with Crippen molar-refractivity contribution in [3.05, 3.63) is 66.0 Å². The summed E-state index contributed by atoms with van der Waals surface area (Å²) in [5.41, 5.74) is 1.33. The molecule has 4 rings (SSSR count). The van der Waals surface area contributed by atoms with E-state index < -0.39 is 5.97 Å². The molecule has 0 atom stereocenters. The van der Waals surface area contributed by atoms with Gasteiger partial charge in [-0.1, -0.05) is 18.2 Å². The zero-order valence-electron chi connectivity index (χ0n) is 13.7. The van der Waals surface area contributed by atoms with Crippen LogP contribution >= 0.6 is 0 Å². The highest BCUT2D eigenvalue weighted by molar-refractivity contribution is 5.88. The number of esters is 1. The van der Waals surface area contributed by atoms with E-state index in [2.05, 4.69) is 20.4 Å². The number of rotatable bonds is 5. The number of furan rings is 1. The molecule has 1 aromatic carbocycles. The predicted octanol–water partition coefficient (Wildman–Crippen LogP) is 2.58. The van der Waals surface area contributed by atoms with Crippen LogP contribution in [0.4, 0.5) is 0 Å². The summed E-state index contributed by atoms with van der Waals surface area (Å²) >= 11 is 0. The largest absolute Gasteiger partial charge is 0.459 e. The maximum atomic E-state index is 12.3. The molecule has 9 heteroatoms. The van der Waals surface area contributed by atoms with Gasteiger partial charge in [-0.25, -0.2) is 4.79 Å². The average Bonchev–Trinajstić information content (AvgIpc) is 3.40. The van der Waals surface area contributed by atoms with E-state index in [-0.39, 0.29) is 24.1 Å². The first-order chi connectivity index (χ1) is 12.7. The molecule has 0 spiro atoms. The van der Waals surface area contributed by atoms with Crippen molar-refractivity contribution in [2.75, 3.05) is 0 Å². The molecule has 0 amide bonds. The van der Waals surface area contributed by atoms with E-state index in [1.807, 2.05) is 30.3 Å². The van der Waals surface area contributed by atoms with Gasteiger partial charge in [-0.15, -0.1) is 15.3 Å². The van der Waals surface area contributed by atoms with Crippen LogP contribution in [0, 0.1) is 6.92 Å². The number of para-hydroxylation sites is 1. The molecule has 0 bridgehead atoms. The standard InChI is InChI=1S/C17H13N5O4/c1-11-15(21-22(20-11)12-6-3-2-4-7-12)17(23)25-10-14-18-19-16(26-14)13-8-5-9-24-13/h2-9H,10H2,1H3. The van der Waals surface area contributed by atoms with Crippen LogP contribution in [-0.4, -0.2) is 31.2 Å². The Morgan fingerprint density at radius 2 is 1.96 bits per heavy atom. The van der Waals surface area contributed by atoms with Crippen molar-refractivity contribution >= 4 is 5.97 Å². The zero-order valence-corrected chi connectivity index (χ0v) is 13.7. The molecule has 4 aromatic rings. The highest BCUT2D eigenvalue weighted by Gasteiger charge is 2.19. The Morgan fingerprint density at radius 1 is 1.12 bits per heavy atom. The van der Waals surface area contributed by atoms with Gasteiger partial charge in [0.1, 0.15) is 0 Å². The average molecular weight is 351 g/mol. The van der Waals surface area contributed by atoms with Crippen molar-refractivity contribution in [3.8, 4) is 17.3 Å². The minimum atomic E-state index is -0.623. The first kappa shape index (κ1) is 15.8. The molecule has 0 aliphatic heterocycles. The van der Waals surface area contributed by atoms with Gasteiger partial charge in [0.25, 0.3) is 11.8 Å². The minimum Gasteiger partial charge on any atom is -0.459 e. The third-order valence-electron chi connectivity index (χ3n) is 3.49. The highest BCUT2D eigenvalue weighted by Crippen LogP contribution is 2.18. The van der Waals surface area contributed by atoms with Crippen LogP contribution in [-0.2, 0) is 11.3 Å². The molecular weight excluding hydrogens is 338 g/mol. The fourth-order valence-electron chi connectivity index (χ4n) is 2.25. The number of carbonyl (C=O) groups excluding carboxylic acids is 1. The van der Waals surface area contributed by atoms with E-state index in [0.717, 1.165) is 5.69 Å². The SMILES string of the molecule is Cc1nn(-c2ccccc2)nc1C(=O)OCc1nnc(-c2ccco2)o1. The van der Waals surface area contributed by atoms with Crippen molar-refractivity contribution in [1.29, 1.82) is 0 Å². The summed E-state index contributed by atoms with van der Waals surface area (Å²) < 4.78 is 15.7. The molecule has 0 aliphatic rings. The van der Waals surface area contributed by atoms with E-state index in [0.29, 0.717) is 11.5 Å². The van der Waals surface area contributed by atoms with Gasteiger partial charge in [-0.05, 0) is 31.2 Å². The van der Waals surface area contributed by atoms with Crippen molar-refractivity contribution in [3.63, 3.8) is 0 Å². The van der Waals surface area contributed by atoms with Crippen LogP contribution in [0.1, 0.15) is 22.1 Å². The smallest absolute Gasteiger partial charge is 0.361 e. The molecule has 0 aliphatic carbocycles. The summed E-state index contributed by atoms with van der Waals surface area (Å²) in [7, 11) is 0. The molecule has 130 valence electrons. The van der Waals surface area contributed by atoms with E-state index in [4.69, 9.17) is 13.6 Å². The van der Waals surface area contributed by atoms with Crippen molar-refractivity contribution in [2.45, 2.75) is 13.5 Å². The summed E-state index contributed by atoms with van der Waals surface area (Å²) in [6.07, 6.45) is 1.50. The summed E-state index contributed by atoms with van der Waals surface area (Å²) in [4.78, 5) is 13.7. The second-order valence-electron chi connectivity index (χ2n) is 5.31. The predicted molar refractivity (Wildman–Crippen MR) is 87.2 cm³/mol. The van der Waals surface area contributed by atoms with Crippen molar-refractivity contribution in [2.24, 2.45) is 0 Å². The molecular formula is C17H13N5O4. The van der Waals surface area contributed by atoms with Crippen LogP contribution in [0.25, 0.3) is 17.3 Å². The highest BCUT2D eigenvalue weighted by atomic mass is 16.5. The number of carbonyl (C=O) groups is 1. The van der Waals surface area contributed by atoms with Gasteiger partial charge in [-0.3, -0.25) is 0 Å². The molecule has 3 heterocycles. The van der Waals surface area contributed by atoms with Crippen LogP contribution < -0.4 is 0 Å². The maximum Gasteiger partial charge on any atom is 0.361 e. The fourth-order valence-corrected chi connectivity index (χ4v) is 2.25. The monoisotopic (exact) mass is 351 g/mol. The summed E-state index contributed by atoms with van der Waals surface area (Å²) in [6, 6.07) is 12.7. The Hall–Kier alpha value is -3.75. The van der Waals surface area contributed by atoms with Crippen molar-refractivity contribution < 1.29 is 18.4 Å². The number of benzene rings is 1. The number of aromatic nitrogens is 5. The lowest BCUT2D eigenvalue weighted by Gasteiger charge is -1.99. The van der Waals surface area contributed by atoms with Gasteiger partial charge in [-0.2, -0.15) is 9.90 Å². The Kier molecular flexibility index (Phi) is 4.02. The topological polar surface area (TPSA) is 109 Å². The summed E-state index contributed by atoms with van der Waals surface area (Å²) in [5.74, 6) is 0.185. The van der Waals surface area contributed by atoms with Gasteiger partial charge in [0.05, 0.1) is 17.6 Å². The van der Waals surface area contributed by atoms with Gasteiger partial charge >= 0.3 is 5.97 Å². The van der Waals surface area contributed by atoms with Crippen molar-refractivity contribution in [1.82, 2.24) is 25.2 Å². The molecule has 0 saturated heterocycles. The van der Waals surface area contributed by atoms with E-state index >= 15 is 0 Å². The second kappa shape index (κ2) is 6.63. The molecule has 0 saturated carbocycles. The Balaban J connectivity index is 1.45. The molecule has 3 aromatic heterocycles. The molecule has 26 heavy (non-hydrogen) atoms. The lowest BCUT2D eigenvalue weighted by atomic mass is 10.3. The van der Waals surface area contributed by atoms with E-state index in [1.54, 1.807) is 19.1 Å². The molecule has 0 fully saturated rings. The van der Waals surface area contributed by atoms with Crippen LogP contribution in [0.3, 0.4) is 0 Å². The molecule has 0 radical (unpaired) electrons. The summed E-state index contributed by atoms with van der Waals surface area (Å²) in [5, 5.41) is 16.1. The summed E-state index contributed by atoms with van der Waals surface area (Å²) in [6.45, 7) is 1.51. The van der Waals surface area contributed by atoms with Gasteiger partial charge < -0.3 is 13.6 Å². The third-order valence-corrected chi connectivity index (χ3v) is 3.49. The molecule has 0 unspecified atom stereocenters. The number of nitrogens with zero attached hydrogens (tertiary/aromatic N) is 5. The van der Waals surface area contributed by atoms with E-state index in [1.165, 1.54) is 11.1 Å². The normalized spacial score (nSPS) is 10.8. The fraction of sp³-hybridized carbons (Fsp3) is 0.118. The van der Waals surface area contributed by atoms with Gasteiger partial charge in [0.15, 0.2) is 18.1 Å². The second-order valence-corrected chi connectivity index (χ2v) is 5.31. The Bertz CT molecular complexity index is 1020. The quantitative estimate of drug-likeness (QED) is 0.505. The lowest BCUT2D eigenvalue weighted by molar-refractivity contribution is 0.0430. The number of hydrogen-bond acceptors (Lipinski definition) is 8. The van der Waals surface area contributed by atoms with Crippen LogP contribution in [0.2, 0.25) is 0 Å². The number of aryl methyl sites for hydroxylation is 1.